The second-order valence-electron chi connectivity index (χ2n) is 3.65. The third kappa shape index (κ3) is 2.44. The Balaban J connectivity index is 2.14. The van der Waals surface area contributed by atoms with E-state index >= 15 is 0 Å². The molecule has 0 aliphatic carbocycles. The monoisotopic (exact) mass is 202 g/mol. The van der Waals surface area contributed by atoms with Gasteiger partial charge in [0.1, 0.15) is 5.76 Å². The van der Waals surface area contributed by atoms with Gasteiger partial charge in [-0.1, -0.05) is 35.0 Å². The van der Waals surface area contributed by atoms with Crippen LogP contribution in [0.2, 0.25) is 0 Å². The van der Waals surface area contributed by atoms with Crippen LogP contribution in [0, 0.1) is 6.92 Å². The van der Waals surface area contributed by atoms with Crippen LogP contribution < -0.4 is 5.73 Å². The van der Waals surface area contributed by atoms with Crippen molar-refractivity contribution in [2.75, 3.05) is 0 Å². The summed E-state index contributed by atoms with van der Waals surface area (Å²) in [6.07, 6.45) is 0.772. The van der Waals surface area contributed by atoms with E-state index in [4.69, 9.17) is 10.3 Å². The summed E-state index contributed by atoms with van der Waals surface area (Å²) in [5, 5.41) is 3.85. The molecule has 0 aliphatic rings. The largest absolute Gasteiger partial charge is 0.361 e. The molecular formula is C12H14N2O. The van der Waals surface area contributed by atoms with Crippen molar-refractivity contribution in [2.45, 2.75) is 19.9 Å². The van der Waals surface area contributed by atoms with Crippen LogP contribution in [0.3, 0.4) is 0 Å². The van der Waals surface area contributed by atoms with E-state index in [1.165, 1.54) is 11.1 Å². The predicted molar refractivity (Wildman–Crippen MR) is 58.4 cm³/mol. The third-order valence-corrected chi connectivity index (χ3v) is 2.28. The van der Waals surface area contributed by atoms with Crippen molar-refractivity contribution >= 4 is 0 Å². The normalized spacial score (nSPS) is 10.5. The van der Waals surface area contributed by atoms with Crippen molar-refractivity contribution in [2.24, 2.45) is 5.73 Å². The Morgan fingerprint density at radius 3 is 2.87 bits per heavy atom. The molecule has 1 aromatic carbocycles. The first kappa shape index (κ1) is 9.93. The molecule has 0 atom stereocenters. The lowest BCUT2D eigenvalue weighted by atomic mass is 10.1. The molecule has 15 heavy (non-hydrogen) atoms. The number of aryl methyl sites for hydroxylation is 1. The molecule has 0 bridgehead atoms. The van der Waals surface area contributed by atoms with E-state index in [2.05, 4.69) is 30.3 Å². The number of rotatable bonds is 3. The number of benzene rings is 1. The van der Waals surface area contributed by atoms with Gasteiger partial charge < -0.3 is 10.3 Å². The first-order chi connectivity index (χ1) is 7.28. The van der Waals surface area contributed by atoms with Gasteiger partial charge in [-0.05, 0) is 12.5 Å². The van der Waals surface area contributed by atoms with Crippen LogP contribution in [0.4, 0.5) is 0 Å². The van der Waals surface area contributed by atoms with E-state index in [-0.39, 0.29) is 0 Å². The van der Waals surface area contributed by atoms with Gasteiger partial charge in [0.15, 0.2) is 0 Å². The average molecular weight is 202 g/mol. The predicted octanol–water partition coefficient (Wildman–Crippen LogP) is 2.03. The Hall–Kier alpha value is -1.61. The van der Waals surface area contributed by atoms with Crippen LogP contribution in [0.25, 0.3) is 0 Å². The number of aromatic nitrogens is 1. The summed E-state index contributed by atoms with van der Waals surface area (Å²) in [6.45, 7) is 2.51. The number of nitrogens with two attached hydrogens (primary N) is 1. The van der Waals surface area contributed by atoms with Gasteiger partial charge in [-0.15, -0.1) is 0 Å². The van der Waals surface area contributed by atoms with Gasteiger partial charge in [0.2, 0.25) is 0 Å². The molecule has 0 spiro atoms. The zero-order chi connectivity index (χ0) is 10.7. The van der Waals surface area contributed by atoms with Crippen LogP contribution in [0.15, 0.2) is 34.9 Å². The molecule has 3 heteroatoms. The van der Waals surface area contributed by atoms with Gasteiger partial charge in [0, 0.05) is 19.0 Å². The van der Waals surface area contributed by atoms with Crippen LogP contribution in [-0.2, 0) is 13.0 Å². The average Bonchev–Trinajstić information content (AvgIpc) is 2.65. The summed E-state index contributed by atoms with van der Waals surface area (Å²) >= 11 is 0. The van der Waals surface area contributed by atoms with Gasteiger partial charge in [-0.25, -0.2) is 0 Å². The van der Waals surface area contributed by atoms with E-state index < -0.39 is 0 Å². The molecule has 1 aromatic heterocycles. The smallest absolute Gasteiger partial charge is 0.141 e. The van der Waals surface area contributed by atoms with Crippen molar-refractivity contribution in [3.8, 4) is 0 Å². The lowest BCUT2D eigenvalue weighted by Gasteiger charge is -1.98. The maximum atomic E-state index is 5.46. The molecule has 2 N–H and O–H groups in total. The van der Waals surface area contributed by atoms with Gasteiger partial charge >= 0.3 is 0 Å². The van der Waals surface area contributed by atoms with E-state index in [0.29, 0.717) is 6.54 Å². The fourth-order valence-corrected chi connectivity index (χ4v) is 1.56. The van der Waals surface area contributed by atoms with E-state index in [1.807, 2.05) is 12.1 Å². The molecule has 0 amide bonds. The Kier molecular flexibility index (Phi) is 2.83. The van der Waals surface area contributed by atoms with E-state index in [1.54, 1.807) is 0 Å². The first-order valence-electron chi connectivity index (χ1n) is 4.98. The number of hydrogen-bond donors (Lipinski definition) is 1. The summed E-state index contributed by atoms with van der Waals surface area (Å²) in [7, 11) is 0. The quantitative estimate of drug-likeness (QED) is 0.828. The van der Waals surface area contributed by atoms with Crippen LogP contribution in [0.5, 0.6) is 0 Å². The molecule has 2 rings (SSSR count). The SMILES string of the molecule is Cc1cccc(Cc2cc(CN)no2)c1. The lowest BCUT2D eigenvalue weighted by Crippen LogP contribution is -1.95. The van der Waals surface area contributed by atoms with Crippen molar-refractivity contribution in [1.82, 2.24) is 5.16 Å². The highest BCUT2D eigenvalue weighted by atomic mass is 16.5. The van der Waals surface area contributed by atoms with Gasteiger partial charge in [-0.3, -0.25) is 0 Å². The van der Waals surface area contributed by atoms with E-state index in [9.17, 15) is 0 Å². The molecule has 1 heterocycles. The summed E-state index contributed by atoms with van der Waals surface area (Å²) < 4.78 is 5.17. The fraction of sp³-hybridized carbons (Fsp3) is 0.250. The standard InChI is InChI=1S/C12H14N2O/c1-9-3-2-4-10(5-9)6-12-7-11(8-13)14-15-12/h2-5,7H,6,8,13H2,1H3. The maximum Gasteiger partial charge on any atom is 0.141 e. The molecular weight excluding hydrogens is 188 g/mol. The molecule has 0 unspecified atom stereocenters. The first-order valence-corrected chi connectivity index (χ1v) is 4.98. The Morgan fingerprint density at radius 2 is 2.20 bits per heavy atom. The number of hydrogen-bond acceptors (Lipinski definition) is 3. The Bertz CT molecular complexity index is 448. The highest BCUT2D eigenvalue weighted by Crippen LogP contribution is 2.12. The minimum absolute atomic E-state index is 0.428. The molecule has 0 saturated heterocycles. The van der Waals surface area contributed by atoms with Gasteiger partial charge in [-0.2, -0.15) is 0 Å². The maximum absolute atomic E-state index is 5.46. The fourth-order valence-electron chi connectivity index (χ4n) is 1.56. The minimum atomic E-state index is 0.428. The zero-order valence-electron chi connectivity index (χ0n) is 8.73. The van der Waals surface area contributed by atoms with Crippen molar-refractivity contribution in [3.05, 3.63) is 52.9 Å². The lowest BCUT2D eigenvalue weighted by molar-refractivity contribution is 0.383. The van der Waals surface area contributed by atoms with E-state index in [0.717, 1.165) is 17.9 Å². The second-order valence-corrected chi connectivity index (χ2v) is 3.65. The second kappa shape index (κ2) is 4.28. The van der Waals surface area contributed by atoms with Crippen LogP contribution in [0.1, 0.15) is 22.6 Å². The zero-order valence-corrected chi connectivity index (χ0v) is 8.73. The van der Waals surface area contributed by atoms with Gasteiger partial charge in [0.25, 0.3) is 0 Å². The molecule has 0 radical (unpaired) electrons. The van der Waals surface area contributed by atoms with Crippen molar-refractivity contribution < 1.29 is 4.52 Å². The third-order valence-electron chi connectivity index (χ3n) is 2.28. The van der Waals surface area contributed by atoms with Crippen LogP contribution in [-0.4, -0.2) is 5.16 Å². The number of nitrogens with zero attached hydrogens (tertiary/aromatic N) is 1. The highest BCUT2D eigenvalue weighted by Gasteiger charge is 2.03. The molecule has 0 aliphatic heterocycles. The topological polar surface area (TPSA) is 52.0 Å². The van der Waals surface area contributed by atoms with Gasteiger partial charge in [0.05, 0.1) is 5.69 Å². The highest BCUT2D eigenvalue weighted by molar-refractivity contribution is 5.25. The Morgan fingerprint density at radius 1 is 1.33 bits per heavy atom. The Labute approximate surface area is 88.9 Å². The van der Waals surface area contributed by atoms with Crippen LogP contribution >= 0.6 is 0 Å². The summed E-state index contributed by atoms with van der Waals surface area (Å²) in [6, 6.07) is 10.3. The minimum Gasteiger partial charge on any atom is -0.361 e. The van der Waals surface area contributed by atoms with Crippen molar-refractivity contribution in [1.29, 1.82) is 0 Å². The van der Waals surface area contributed by atoms with Crippen molar-refractivity contribution in [3.63, 3.8) is 0 Å². The molecule has 3 nitrogen and oxygen atoms in total. The summed E-state index contributed by atoms with van der Waals surface area (Å²) in [5.41, 5.74) is 8.75. The molecule has 0 saturated carbocycles. The summed E-state index contributed by atoms with van der Waals surface area (Å²) in [5.74, 6) is 0.862. The molecule has 2 aromatic rings. The molecule has 0 fully saturated rings. The molecule has 78 valence electrons. The summed E-state index contributed by atoms with van der Waals surface area (Å²) in [4.78, 5) is 0.